The van der Waals surface area contributed by atoms with E-state index in [0.29, 0.717) is 5.92 Å². The average molecular weight is 255 g/mol. The van der Waals surface area contributed by atoms with Crippen LogP contribution in [0.25, 0.3) is 5.57 Å². The van der Waals surface area contributed by atoms with E-state index < -0.39 is 0 Å². The van der Waals surface area contributed by atoms with Crippen molar-refractivity contribution in [1.82, 2.24) is 0 Å². The summed E-state index contributed by atoms with van der Waals surface area (Å²) in [4.78, 5) is 0. The van der Waals surface area contributed by atoms with Crippen molar-refractivity contribution in [3.63, 3.8) is 0 Å². The van der Waals surface area contributed by atoms with Crippen LogP contribution in [-0.2, 0) is 0 Å². The van der Waals surface area contributed by atoms with E-state index in [1.807, 2.05) is 0 Å². The third-order valence-corrected chi connectivity index (χ3v) is 4.05. The van der Waals surface area contributed by atoms with Crippen LogP contribution < -0.4 is 5.73 Å². The minimum Gasteiger partial charge on any atom is -0.398 e. The third kappa shape index (κ3) is 3.09. The molecule has 1 aliphatic carbocycles. The zero-order valence-corrected chi connectivity index (χ0v) is 12.4. The maximum absolute atomic E-state index is 6.30. The summed E-state index contributed by atoms with van der Waals surface area (Å²) in [6.45, 7) is 6.43. The van der Waals surface area contributed by atoms with Crippen molar-refractivity contribution >= 4 is 11.3 Å². The molecule has 1 nitrogen and oxygen atoms in total. The smallest absolute Gasteiger partial charge is 0.0420 e. The second-order valence-corrected chi connectivity index (χ2v) is 5.59. The van der Waals surface area contributed by atoms with Gasteiger partial charge in [0, 0.05) is 11.3 Å². The van der Waals surface area contributed by atoms with Gasteiger partial charge in [0.25, 0.3) is 0 Å². The zero-order valence-electron chi connectivity index (χ0n) is 12.4. The Hall–Kier alpha value is -1.50. The molecule has 1 aromatic rings. The number of allylic oxidation sites excluding steroid dienone is 4. The van der Waals surface area contributed by atoms with E-state index in [9.17, 15) is 0 Å². The van der Waals surface area contributed by atoms with Crippen LogP contribution in [-0.4, -0.2) is 0 Å². The highest BCUT2D eigenvalue weighted by molar-refractivity contribution is 5.78. The number of aryl methyl sites for hydroxylation is 1. The van der Waals surface area contributed by atoms with Crippen molar-refractivity contribution in [2.45, 2.75) is 52.4 Å². The monoisotopic (exact) mass is 255 g/mol. The van der Waals surface area contributed by atoms with E-state index >= 15 is 0 Å². The number of hydrogen-bond donors (Lipinski definition) is 1. The van der Waals surface area contributed by atoms with Gasteiger partial charge < -0.3 is 5.73 Å². The Morgan fingerprint density at radius 2 is 2.05 bits per heavy atom. The highest BCUT2D eigenvalue weighted by Crippen LogP contribution is 2.34. The fourth-order valence-electron chi connectivity index (χ4n) is 2.84. The van der Waals surface area contributed by atoms with Crippen LogP contribution in [0, 0.1) is 6.92 Å². The Morgan fingerprint density at radius 3 is 2.68 bits per heavy atom. The fraction of sp³-hybridized carbons (Fsp3) is 0.444. The number of nitrogen functional groups attached to an aromatic ring is 1. The third-order valence-electron chi connectivity index (χ3n) is 4.05. The van der Waals surface area contributed by atoms with E-state index in [4.69, 9.17) is 5.73 Å². The first-order valence-electron chi connectivity index (χ1n) is 7.35. The minimum absolute atomic E-state index is 0.451. The van der Waals surface area contributed by atoms with Crippen molar-refractivity contribution in [3.8, 4) is 0 Å². The lowest BCUT2D eigenvalue weighted by Gasteiger charge is -2.19. The number of nitrogens with two attached hydrogens (primary N) is 1. The number of benzene rings is 1. The van der Waals surface area contributed by atoms with Gasteiger partial charge in [-0.1, -0.05) is 31.2 Å². The van der Waals surface area contributed by atoms with E-state index in [0.717, 1.165) is 5.69 Å². The van der Waals surface area contributed by atoms with E-state index in [1.165, 1.54) is 47.9 Å². The summed E-state index contributed by atoms with van der Waals surface area (Å²) in [5.74, 6) is 0.451. The second-order valence-electron chi connectivity index (χ2n) is 5.59. The molecule has 0 amide bonds. The summed E-state index contributed by atoms with van der Waals surface area (Å²) in [5.41, 5.74) is 12.5. The molecule has 0 saturated heterocycles. The van der Waals surface area contributed by atoms with Crippen molar-refractivity contribution in [2.75, 3.05) is 5.73 Å². The predicted molar refractivity (Wildman–Crippen MR) is 85.3 cm³/mol. The van der Waals surface area contributed by atoms with Gasteiger partial charge in [-0.2, -0.15) is 0 Å². The summed E-state index contributed by atoms with van der Waals surface area (Å²) in [6.07, 6.45) is 11.7. The fourth-order valence-corrected chi connectivity index (χ4v) is 2.84. The topological polar surface area (TPSA) is 26.0 Å². The molecule has 0 spiro atoms. The van der Waals surface area contributed by atoms with Crippen LogP contribution >= 0.6 is 0 Å². The summed E-state index contributed by atoms with van der Waals surface area (Å²) in [5, 5.41) is 0. The first-order valence-corrected chi connectivity index (χ1v) is 7.35. The molecule has 1 aliphatic rings. The molecule has 0 aliphatic heterocycles. The SMILES string of the molecule is CC=CC(C)c1cc(C)c(N)c(C2=CCCCC2)c1. The Kier molecular flexibility index (Phi) is 4.47. The minimum atomic E-state index is 0.451. The molecule has 1 atom stereocenters. The van der Waals surface area contributed by atoms with Crippen LogP contribution in [0.15, 0.2) is 30.4 Å². The van der Waals surface area contributed by atoms with Crippen molar-refractivity contribution in [2.24, 2.45) is 0 Å². The van der Waals surface area contributed by atoms with Crippen LogP contribution in [0.1, 0.15) is 62.1 Å². The maximum atomic E-state index is 6.30. The first kappa shape index (κ1) is 13.9. The molecular weight excluding hydrogens is 230 g/mol. The molecule has 2 N–H and O–H groups in total. The molecule has 102 valence electrons. The van der Waals surface area contributed by atoms with Crippen molar-refractivity contribution in [1.29, 1.82) is 0 Å². The summed E-state index contributed by atoms with van der Waals surface area (Å²) < 4.78 is 0. The van der Waals surface area contributed by atoms with Crippen LogP contribution in [0.2, 0.25) is 0 Å². The lowest BCUT2D eigenvalue weighted by molar-refractivity contribution is 0.742. The van der Waals surface area contributed by atoms with E-state index in [1.54, 1.807) is 0 Å². The highest BCUT2D eigenvalue weighted by Gasteiger charge is 2.13. The lowest BCUT2D eigenvalue weighted by atomic mass is 9.88. The molecule has 1 unspecified atom stereocenters. The molecule has 0 aromatic heterocycles. The quantitative estimate of drug-likeness (QED) is 0.582. The normalized spacial score (nSPS) is 17.5. The summed E-state index contributed by atoms with van der Waals surface area (Å²) in [7, 11) is 0. The van der Waals surface area contributed by atoms with Gasteiger partial charge in [0.1, 0.15) is 0 Å². The molecule has 1 aromatic carbocycles. The standard InChI is InChI=1S/C18H25N/c1-4-8-13(2)16-11-14(3)18(19)17(12-16)15-9-6-5-7-10-15/h4,8-9,11-13H,5-7,10,19H2,1-3H3. The molecule has 0 fully saturated rings. The molecule has 0 heterocycles. The Morgan fingerprint density at radius 1 is 1.26 bits per heavy atom. The van der Waals surface area contributed by atoms with Gasteiger partial charge in [0.15, 0.2) is 0 Å². The predicted octanol–water partition coefficient (Wildman–Crippen LogP) is 5.21. The van der Waals surface area contributed by atoms with Gasteiger partial charge in [-0.3, -0.25) is 0 Å². The van der Waals surface area contributed by atoms with Gasteiger partial charge in [-0.05, 0) is 68.2 Å². The van der Waals surface area contributed by atoms with Gasteiger partial charge in [0.05, 0.1) is 0 Å². The number of hydrogen-bond acceptors (Lipinski definition) is 1. The van der Waals surface area contributed by atoms with Gasteiger partial charge in [-0.25, -0.2) is 0 Å². The number of anilines is 1. The molecule has 0 saturated carbocycles. The van der Waals surface area contributed by atoms with E-state index in [-0.39, 0.29) is 0 Å². The van der Waals surface area contributed by atoms with Crippen molar-refractivity contribution < 1.29 is 0 Å². The first-order chi connectivity index (χ1) is 9.13. The molecule has 19 heavy (non-hydrogen) atoms. The van der Waals surface area contributed by atoms with Crippen molar-refractivity contribution in [3.05, 3.63) is 47.1 Å². The van der Waals surface area contributed by atoms with E-state index in [2.05, 4.69) is 51.1 Å². The Balaban J connectivity index is 2.45. The highest BCUT2D eigenvalue weighted by atomic mass is 14.6. The molecule has 1 heteroatoms. The van der Waals surface area contributed by atoms with Gasteiger partial charge >= 0.3 is 0 Å². The van der Waals surface area contributed by atoms with Gasteiger partial charge in [0.2, 0.25) is 0 Å². The molecule has 0 radical (unpaired) electrons. The second kappa shape index (κ2) is 6.10. The Labute approximate surface area is 117 Å². The maximum Gasteiger partial charge on any atom is 0.0420 e. The largest absolute Gasteiger partial charge is 0.398 e. The van der Waals surface area contributed by atoms with Crippen LogP contribution in [0.5, 0.6) is 0 Å². The number of rotatable bonds is 3. The summed E-state index contributed by atoms with van der Waals surface area (Å²) in [6, 6.07) is 4.52. The zero-order chi connectivity index (χ0) is 13.8. The molecular formula is C18H25N. The van der Waals surface area contributed by atoms with Crippen LogP contribution in [0.3, 0.4) is 0 Å². The Bertz CT molecular complexity index is 509. The van der Waals surface area contributed by atoms with Crippen LogP contribution in [0.4, 0.5) is 5.69 Å². The average Bonchev–Trinajstić information content (AvgIpc) is 2.43. The van der Waals surface area contributed by atoms with Gasteiger partial charge in [-0.15, -0.1) is 0 Å². The molecule has 2 rings (SSSR count). The summed E-state index contributed by atoms with van der Waals surface area (Å²) >= 11 is 0. The molecule has 0 bridgehead atoms. The lowest BCUT2D eigenvalue weighted by Crippen LogP contribution is -2.02.